The summed E-state index contributed by atoms with van der Waals surface area (Å²) in [5.41, 5.74) is 0. The van der Waals surface area contributed by atoms with Gasteiger partial charge in [0.2, 0.25) is 0 Å². The van der Waals surface area contributed by atoms with E-state index < -0.39 is 0 Å². The van der Waals surface area contributed by atoms with Crippen molar-refractivity contribution in [3.63, 3.8) is 0 Å². The van der Waals surface area contributed by atoms with E-state index in [1.165, 1.54) is 12.8 Å². The summed E-state index contributed by atoms with van der Waals surface area (Å²) in [5.74, 6) is 1.08. The first kappa shape index (κ1) is 11.5. The summed E-state index contributed by atoms with van der Waals surface area (Å²) in [4.78, 5) is 0. The second-order valence-electron chi connectivity index (χ2n) is 4.18. The zero-order chi connectivity index (χ0) is 10.4. The van der Waals surface area contributed by atoms with Crippen molar-refractivity contribution < 1.29 is 9.84 Å². The smallest absolute Gasteiger partial charge is 0.146 e. The van der Waals surface area contributed by atoms with E-state index in [4.69, 9.17) is 15.1 Å². The zero-order valence-electron chi connectivity index (χ0n) is 8.78. The topological polar surface area (TPSA) is 53.2 Å². The maximum absolute atomic E-state index is 8.93. The molecule has 1 rings (SSSR count). The number of aliphatic hydroxyl groups excluding tert-OH is 1. The summed E-state index contributed by atoms with van der Waals surface area (Å²) in [6.45, 7) is 2.51. The molecule has 0 heterocycles. The van der Waals surface area contributed by atoms with E-state index in [1.54, 1.807) is 0 Å². The van der Waals surface area contributed by atoms with Crippen LogP contribution in [-0.4, -0.2) is 24.4 Å². The van der Waals surface area contributed by atoms with Crippen LogP contribution in [0.25, 0.3) is 0 Å². The number of hydrogen-bond donors (Lipinski definition) is 1. The Balaban J connectivity index is 2.39. The Hall–Kier alpha value is -0.590. The fraction of sp³-hybridized carbons (Fsp3) is 0.909. The van der Waals surface area contributed by atoms with Crippen LogP contribution in [0.4, 0.5) is 0 Å². The minimum atomic E-state index is -0.315. The Bertz CT molecular complexity index is 200. The normalized spacial score (nSPS) is 29.5. The molecule has 80 valence electrons. The molecular weight excluding hydrogens is 178 g/mol. The molecule has 3 unspecified atom stereocenters. The third-order valence-electron chi connectivity index (χ3n) is 2.92. The predicted octanol–water partition coefficient (Wildman–Crippen LogP) is 1.71. The van der Waals surface area contributed by atoms with Crippen LogP contribution in [0.5, 0.6) is 0 Å². The second kappa shape index (κ2) is 6.00. The molecule has 1 aliphatic carbocycles. The molecule has 0 aromatic rings. The Morgan fingerprint density at radius 2 is 2.36 bits per heavy atom. The van der Waals surface area contributed by atoms with Crippen molar-refractivity contribution in [2.24, 2.45) is 11.8 Å². The summed E-state index contributed by atoms with van der Waals surface area (Å²) in [6, 6.07) is 2.19. The first-order valence-corrected chi connectivity index (χ1v) is 5.40. The highest BCUT2D eigenvalue weighted by Gasteiger charge is 2.26. The third-order valence-corrected chi connectivity index (χ3v) is 2.92. The van der Waals surface area contributed by atoms with Gasteiger partial charge in [-0.2, -0.15) is 5.26 Å². The molecule has 0 amide bonds. The number of ether oxygens (including phenoxy) is 1. The van der Waals surface area contributed by atoms with Crippen molar-refractivity contribution in [3.8, 4) is 6.07 Å². The van der Waals surface area contributed by atoms with Crippen LogP contribution in [0, 0.1) is 23.2 Å². The van der Waals surface area contributed by atoms with Gasteiger partial charge in [-0.15, -0.1) is 0 Å². The summed E-state index contributed by atoms with van der Waals surface area (Å²) in [5, 5.41) is 17.6. The molecule has 1 aliphatic rings. The van der Waals surface area contributed by atoms with Crippen molar-refractivity contribution in [2.75, 3.05) is 13.2 Å². The molecular formula is C11H19NO2. The molecule has 3 heteroatoms. The van der Waals surface area contributed by atoms with Crippen LogP contribution >= 0.6 is 0 Å². The van der Waals surface area contributed by atoms with E-state index in [0.717, 1.165) is 12.8 Å². The van der Waals surface area contributed by atoms with E-state index in [0.29, 0.717) is 11.8 Å². The monoisotopic (exact) mass is 197 g/mol. The molecule has 0 bridgehead atoms. The number of nitriles is 1. The summed E-state index contributed by atoms with van der Waals surface area (Å²) >= 11 is 0. The molecule has 1 N–H and O–H groups in total. The third kappa shape index (κ3) is 3.28. The Kier molecular flexibility index (Phi) is 4.92. The quantitative estimate of drug-likeness (QED) is 0.746. The van der Waals surface area contributed by atoms with Crippen LogP contribution in [0.1, 0.15) is 32.6 Å². The maximum Gasteiger partial charge on any atom is 0.146 e. The van der Waals surface area contributed by atoms with E-state index in [1.807, 2.05) is 0 Å². The molecule has 0 aromatic heterocycles. The molecule has 0 radical (unpaired) electrons. The maximum atomic E-state index is 8.93. The van der Waals surface area contributed by atoms with Crippen molar-refractivity contribution >= 4 is 0 Å². The summed E-state index contributed by atoms with van der Waals surface area (Å²) < 4.78 is 5.32. The highest BCUT2D eigenvalue weighted by molar-refractivity contribution is 4.91. The minimum absolute atomic E-state index is 0.000450. The Labute approximate surface area is 85.7 Å². The lowest BCUT2D eigenvalue weighted by Gasteiger charge is -2.29. The van der Waals surface area contributed by atoms with Crippen molar-refractivity contribution in [3.05, 3.63) is 0 Å². The molecule has 1 fully saturated rings. The van der Waals surface area contributed by atoms with Crippen LogP contribution < -0.4 is 0 Å². The lowest BCUT2D eigenvalue weighted by atomic mass is 9.80. The van der Waals surface area contributed by atoms with Gasteiger partial charge >= 0.3 is 0 Å². The van der Waals surface area contributed by atoms with Crippen molar-refractivity contribution in [1.82, 2.24) is 0 Å². The van der Waals surface area contributed by atoms with Gasteiger partial charge in [-0.25, -0.2) is 0 Å². The fourth-order valence-corrected chi connectivity index (χ4v) is 2.21. The van der Waals surface area contributed by atoms with E-state index in [9.17, 15) is 0 Å². The van der Waals surface area contributed by atoms with Gasteiger partial charge in [-0.05, 0) is 24.7 Å². The second-order valence-corrected chi connectivity index (χ2v) is 4.18. The van der Waals surface area contributed by atoms with Crippen molar-refractivity contribution in [1.29, 1.82) is 5.26 Å². The average Bonchev–Trinajstić information content (AvgIpc) is 2.19. The van der Waals surface area contributed by atoms with Gasteiger partial charge in [0.1, 0.15) is 6.10 Å². The Morgan fingerprint density at radius 1 is 1.57 bits per heavy atom. The van der Waals surface area contributed by atoms with Gasteiger partial charge in [0.05, 0.1) is 19.3 Å². The minimum Gasteiger partial charge on any atom is -0.394 e. The van der Waals surface area contributed by atoms with Gasteiger partial charge < -0.3 is 9.84 Å². The number of hydrogen-bond acceptors (Lipinski definition) is 3. The van der Waals surface area contributed by atoms with Gasteiger partial charge in [-0.3, -0.25) is 0 Å². The van der Waals surface area contributed by atoms with Gasteiger partial charge in [0.15, 0.2) is 0 Å². The van der Waals surface area contributed by atoms with Crippen LogP contribution in [0.3, 0.4) is 0 Å². The van der Waals surface area contributed by atoms with E-state index in [2.05, 4.69) is 13.0 Å². The number of rotatable bonds is 4. The van der Waals surface area contributed by atoms with Crippen LogP contribution in [0.2, 0.25) is 0 Å². The van der Waals surface area contributed by atoms with Crippen LogP contribution in [0.15, 0.2) is 0 Å². The van der Waals surface area contributed by atoms with Crippen LogP contribution in [-0.2, 0) is 4.74 Å². The molecule has 1 saturated carbocycles. The fourth-order valence-electron chi connectivity index (χ4n) is 2.21. The molecule has 0 aliphatic heterocycles. The molecule has 0 spiro atoms. The summed E-state index contributed by atoms with van der Waals surface area (Å²) in [7, 11) is 0. The first-order valence-electron chi connectivity index (χ1n) is 5.40. The van der Waals surface area contributed by atoms with E-state index >= 15 is 0 Å². The van der Waals surface area contributed by atoms with Gasteiger partial charge in [0.25, 0.3) is 0 Å². The van der Waals surface area contributed by atoms with Crippen molar-refractivity contribution in [2.45, 2.75) is 38.7 Å². The Morgan fingerprint density at radius 3 is 2.93 bits per heavy atom. The lowest BCUT2D eigenvalue weighted by Crippen LogP contribution is -2.28. The molecule has 3 nitrogen and oxygen atoms in total. The number of nitrogens with zero attached hydrogens (tertiary/aromatic N) is 1. The highest BCUT2D eigenvalue weighted by Crippen LogP contribution is 2.31. The summed E-state index contributed by atoms with van der Waals surface area (Å²) in [6.07, 6.45) is 4.34. The largest absolute Gasteiger partial charge is 0.394 e. The molecule has 0 saturated heterocycles. The molecule has 3 atom stereocenters. The SMILES string of the molecule is CC1CCCC(C(C#N)OCCO)C1. The lowest BCUT2D eigenvalue weighted by molar-refractivity contribution is 0.0113. The van der Waals surface area contributed by atoms with Gasteiger partial charge in [-0.1, -0.05) is 19.8 Å². The highest BCUT2D eigenvalue weighted by atomic mass is 16.5. The van der Waals surface area contributed by atoms with Gasteiger partial charge in [0, 0.05) is 0 Å². The van der Waals surface area contributed by atoms with E-state index in [-0.39, 0.29) is 19.3 Å². The molecule has 14 heavy (non-hydrogen) atoms. The number of aliphatic hydroxyl groups is 1. The predicted molar refractivity (Wildman–Crippen MR) is 53.6 cm³/mol. The zero-order valence-corrected chi connectivity index (χ0v) is 8.78. The molecule has 0 aromatic carbocycles. The average molecular weight is 197 g/mol. The first-order chi connectivity index (χ1) is 6.77. The standard InChI is InChI=1S/C11H19NO2/c1-9-3-2-4-10(7-9)11(8-12)14-6-5-13/h9-11,13H,2-7H2,1H3.